The van der Waals surface area contributed by atoms with Crippen LogP contribution in [0.5, 0.6) is 5.75 Å². The van der Waals surface area contributed by atoms with Crippen molar-refractivity contribution in [3.63, 3.8) is 0 Å². The summed E-state index contributed by atoms with van der Waals surface area (Å²) in [4.78, 5) is 4.01. The van der Waals surface area contributed by atoms with Gasteiger partial charge in [-0.05, 0) is 35.9 Å². The zero-order valence-electron chi connectivity index (χ0n) is 11.0. The van der Waals surface area contributed by atoms with Crippen molar-refractivity contribution in [3.05, 3.63) is 60.2 Å². The van der Waals surface area contributed by atoms with Crippen LogP contribution in [0.25, 0.3) is 0 Å². The predicted molar refractivity (Wildman–Crippen MR) is 73.8 cm³/mol. The van der Waals surface area contributed by atoms with Crippen LogP contribution in [0.3, 0.4) is 0 Å². The average Bonchev–Trinajstić information content (AvgIpc) is 2.48. The van der Waals surface area contributed by atoms with E-state index in [0.29, 0.717) is 18.8 Å². The van der Waals surface area contributed by atoms with Gasteiger partial charge in [-0.1, -0.05) is 6.07 Å². The Kier molecular flexibility index (Phi) is 5.46. The summed E-state index contributed by atoms with van der Waals surface area (Å²) in [5.41, 5.74) is 1.05. The van der Waals surface area contributed by atoms with Gasteiger partial charge in [-0.2, -0.15) is 0 Å². The van der Waals surface area contributed by atoms with E-state index in [1.54, 1.807) is 12.4 Å². The number of aliphatic hydroxyl groups is 1. The Morgan fingerprint density at radius 2 is 2.05 bits per heavy atom. The number of hydrogen-bond acceptors (Lipinski definition) is 4. The lowest BCUT2D eigenvalue weighted by Gasteiger charge is -2.13. The minimum Gasteiger partial charge on any atom is -0.491 e. The Morgan fingerprint density at radius 1 is 1.25 bits per heavy atom. The normalized spacial score (nSPS) is 12.1. The van der Waals surface area contributed by atoms with Gasteiger partial charge >= 0.3 is 0 Å². The monoisotopic (exact) mass is 276 g/mol. The highest BCUT2D eigenvalue weighted by Crippen LogP contribution is 2.11. The summed E-state index contributed by atoms with van der Waals surface area (Å²) in [7, 11) is 0. The van der Waals surface area contributed by atoms with Crippen molar-refractivity contribution in [1.29, 1.82) is 0 Å². The highest BCUT2D eigenvalue weighted by atomic mass is 19.1. The first-order chi connectivity index (χ1) is 9.74. The number of aliphatic hydroxyl groups excluding tert-OH is 1. The molecule has 1 atom stereocenters. The molecule has 0 saturated carbocycles. The fraction of sp³-hybridized carbons (Fsp3) is 0.267. The third-order valence-electron chi connectivity index (χ3n) is 2.69. The highest BCUT2D eigenvalue weighted by molar-refractivity contribution is 5.22. The number of ether oxygens (including phenoxy) is 1. The number of nitrogens with zero attached hydrogens (tertiary/aromatic N) is 1. The van der Waals surface area contributed by atoms with Crippen LogP contribution >= 0.6 is 0 Å². The SMILES string of the molecule is OC(CNCc1cccnc1)COc1ccc(F)cc1. The van der Waals surface area contributed by atoms with Crippen molar-refractivity contribution >= 4 is 0 Å². The molecule has 0 saturated heterocycles. The lowest BCUT2D eigenvalue weighted by atomic mass is 10.3. The van der Waals surface area contributed by atoms with E-state index in [-0.39, 0.29) is 12.4 Å². The van der Waals surface area contributed by atoms with Crippen LogP contribution in [0.4, 0.5) is 4.39 Å². The summed E-state index contributed by atoms with van der Waals surface area (Å²) in [6.07, 6.45) is 2.86. The molecular formula is C15H17FN2O2. The Hall–Kier alpha value is -1.98. The molecule has 0 fully saturated rings. The largest absolute Gasteiger partial charge is 0.491 e. The van der Waals surface area contributed by atoms with E-state index in [2.05, 4.69) is 10.3 Å². The summed E-state index contributed by atoms with van der Waals surface area (Å²) < 4.78 is 18.0. The number of halogens is 1. The van der Waals surface area contributed by atoms with Gasteiger partial charge in [0.25, 0.3) is 0 Å². The summed E-state index contributed by atoms with van der Waals surface area (Å²) in [6, 6.07) is 9.54. The highest BCUT2D eigenvalue weighted by Gasteiger charge is 2.05. The van der Waals surface area contributed by atoms with Crippen molar-refractivity contribution in [1.82, 2.24) is 10.3 Å². The van der Waals surface area contributed by atoms with Gasteiger partial charge in [-0.25, -0.2) is 4.39 Å². The van der Waals surface area contributed by atoms with Gasteiger partial charge in [0.2, 0.25) is 0 Å². The van der Waals surface area contributed by atoms with Gasteiger partial charge < -0.3 is 15.2 Å². The minimum atomic E-state index is -0.628. The number of rotatable bonds is 7. The molecular weight excluding hydrogens is 259 g/mol. The maximum Gasteiger partial charge on any atom is 0.123 e. The topological polar surface area (TPSA) is 54.4 Å². The van der Waals surface area contributed by atoms with Crippen molar-refractivity contribution < 1.29 is 14.2 Å². The number of pyridine rings is 1. The molecule has 4 nitrogen and oxygen atoms in total. The van der Waals surface area contributed by atoms with E-state index in [9.17, 15) is 9.50 Å². The van der Waals surface area contributed by atoms with Crippen LogP contribution in [-0.2, 0) is 6.54 Å². The first kappa shape index (κ1) is 14.4. The maximum atomic E-state index is 12.7. The number of aromatic nitrogens is 1. The van der Waals surface area contributed by atoms with E-state index in [1.165, 1.54) is 24.3 Å². The van der Waals surface area contributed by atoms with Gasteiger partial charge in [0.05, 0.1) is 0 Å². The number of nitrogens with one attached hydrogen (secondary N) is 1. The zero-order chi connectivity index (χ0) is 14.2. The van der Waals surface area contributed by atoms with Crippen molar-refractivity contribution in [3.8, 4) is 5.75 Å². The second-order valence-electron chi connectivity index (χ2n) is 4.41. The van der Waals surface area contributed by atoms with Gasteiger partial charge in [-0.15, -0.1) is 0 Å². The van der Waals surface area contributed by atoms with Gasteiger partial charge in [0.15, 0.2) is 0 Å². The molecule has 0 radical (unpaired) electrons. The summed E-state index contributed by atoms with van der Waals surface area (Å²) in [6.45, 7) is 1.21. The van der Waals surface area contributed by atoms with Gasteiger partial charge in [-0.3, -0.25) is 4.98 Å². The quantitative estimate of drug-likeness (QED) is 0.809. The molecule has 106 valence electrons. The van der Waals surface area contributed by atoms with Crippen LogP contribution in [0.1, 0.15) is 5.56 Å². The van der Waals surface area contributed by atoms with Crippen molar-refractivity contribution in [2.45, 2.75) is 12.6 Å². The summed E-state index contributed by atoms with van der Waals surface area (Å²) >= 11 is 0. The fourth-order valence-electron chi connectivity index (χ4n) is 1.67. The van der Waals surface area contributed by atoms with Crippen molar-refractivity contribution in [2.75, 3.05) is 13.2 Å². The molecule has 20 heavy (non-hydrogen) atoms. The Morgan fingerprint density at radius 3 is 2.75 bits per heavy atom. The lowest BCUT2D eigenvalue weighted by Crippen LogP contribution is -2.31. The number of benzene rings is 1. The molecule has 0 aliphatic carbocycles. The van der Waals surface area contributed by atoms with E-state index in [1.807, 2.05) is 12.1 Å². The maximum absolute atomic E-state index is 12.7. The molecule has 2 aromatic rings. The molecule has 2 N–H and O–H groups in total. The number of hydrogen-bond donors (Lipinski definition) is 2. The molecule has 1 heterocycles. The van der Waals surface area contributed by atoms with E-state index in [4.69, 9.17) is 4.74 Å². The van der Waals surface area contributed by atoms with Crippen LogP contribution in [-0.4, -0.2) is 29.3 Å². The average molecular weight is 276 g/mol. The van der Waals surface area contributed by atoms with Crippen LogP contribution < -0.4 is 10.1 Å². The minimum absolute atomic E-state index is 0.158. The predicted octanol–water partition coefficient (Wildman–Crippen LogP) is 1.75. The molecule has 0 aliphatic rings. The first-order valence-corrected chi connectivity index (χ1v) is 6.40. The van der Waals surface area contributed by atoms with Crippen molar-refractivity contribution in [2.24, 2.45) is 0 Å². The molecule has 0 aliphatic heterocycles. The molecule has 1 unspecified atom stereocenters. The Bertz CT molecular complexity index is 505. The second-order valence-corrected chi connectivity index (χ2v) is 4.41. The van der Waals surface area contributed by atoms with E-state index >= 15 is 0 Å². The van der Waals surface area contributed by atoms with Gasteiger partial charge in [0.1, 0.15) is 24.3 Å². The van der Waals surface area contributed by atoms with Crippen LogP contribution in [0.15, 0.2) is 48.8 Å². The Labute approximate surface area is 117 Å². The summed E-state index contributed by atoms with van der Waals surface area (Å²) in [5.74, 6) is 0.230. The molecule has 2 rings (SSSR count). The third kappa shape index (κ3) is 4.95. The smallest absolute Gasteiger partial charge is 0.123 e. The molecule has 0 spiro atoms. The third-order valence-corrected chi connectivity index (χ3v) is 2.69. The zero-order valence-corrected chi connectivity index (χ0v) is 11.0. The van der Waals surface area contributed by atoms with E-state index in [0.717, 1.165) is 5.56 Å². The standard InChI is InChI=1S/C15H17FN2O2/c16-13-3-5-15(6-4-13)20-11-14(19)10-18-9-12-2-1-7-17-8-12/h1-8,14,18-19H,9-11H2. The molecule has 1 aromatic heterocycles. The molecule has 5 heteroatoms. The van der Waals surface area contributed by atoms with Gasteiger partial charge in [0, 0.05) is 25.5 Å². The fourth-order valence-corrected chi connectivity index (χ4v) is 1.67. The summed E-state index contributed by atoms with van der Waals surface area (Å²) in [5, 5.41) is 12.9. The second kappa shape index (κ2) is 7.57. The first-order valence-electron chi connectivity index (χ1n) is 6.40. The molecule has 0 amide bonds. The molecule has 0 bridgehead atoms. The molecule has 1 aromatic carbocycles. The Balaban J connectivity index is 1.65. The van der Waals surface area contributed by atoms with Crippen LogP contribution in [0, 0.1) is 5.82 Å². The lowest BCUT2D eigenvalue weighted by molar-refractivity contribution is 0.106. The van der Waals surface area contributed by atoms with E-state index < -0.39 is 6.10 Å². The van der Waals surface area contributed by atoms with Crippen LogP contribution in [0.2, 0.25) is 0 Å².